The van der Waals surface area contributed by atoms with Gasteiger partial charge in [-0.2, -0.15) is 4.31 Å². The van der Waals surface area contributed by atoms with Crippen molar-refractivity contribution < 1.29 is 17.9 Å². The highest BCUT2D eigenvalue weighted by atomic mass is 32.2. The van der Waals surface area contributed by atoms with E-state index in [9.17, 15) is 8.42 Å². The van der Waals surface area contributed by atoms with Crippen molar-refractivity contribution in [3.63, 3.8) is 0 Å². The van der Waals surface area contributed by atoms with Crippen molar-refractivity contribution in [3.8, 4) is 0 Å². The Bertz CT molecular complexity index is 657. The molecule has 0 aliphatic carbocycles. The lowest BCUT2D eigenvalue weighted by atomic mass is 10.0. The van der Waals surface area contributed by atoms with Gasteiger partial charge >= 0.3 is 0 Å². The summed E-state index contributed by atoms with van der Waals surface area (Å²) in [5.74, 6) is 0. The molecule has 5 nitrogen and oxygen atoms in total. The minimum atomic E-state index is -3.55. The van der Waals surface area contributed by atoms with E-state index in [-0.39, 0.29) is 6.04 Å². The quantitative estimate of drug-likeness (QED) is 0.849. The molecule has 0 spiro atoms. The van der Waals surface area contributed by atoms with Gasteiger partial charge in [0.2, 0.25) is 10.0 Å². The van der Waals surface area contributed by atoms with Gasteiger partial charge in [0.05, 0.1) is 24.2 Å². The van der Waals surface area contributed by atoms with Crippen molar-refractivity contribution in [1.29, 1.82) is 0 Å². The van der Waals surface area contributed by atoms with E-state index in [0.29, 0.717) is 24.7 Å². The molecule has 0 amide bonds. The zero-order chi connectivity index (χ0) is 16.6. The van der Waals surface area contributed by atoms with Crippen LogP contribution in [0.5, 0.6) is 0 Å². The molecule has 0 N–H and O–H groups in total. The number of aryl methyl sites for hydroxylation is 3. The Kier molecular flexibility index (Phi) is 4.78. The predicted octanol–water partition coefficient (Wildman–Crippen LogP) is 2.53. The Morgan fingerprint density at radius 2 is 1.65 bits per heavy atom. The average Bonchev–Trinajstić information content (AvgIpc) is 3.00. The van der Waals surface area contributed by atoms with E-state index in [1.165, 1.54) is 0 Å². The lowest BCUT2D eigenvalue weighted by Gasteiger charge is -2.37. The van der Waals surface area contributed by atoms with E-state index in [2.05, 4.69) is 0 Å². The normalized spacial score (nSPS) is 24.2. The molecule has 128 valence electrons. The van der Waals surface area contributed by atoms with Crippen LogP contribution >= 0.6 is 0 Å². The van der Waals surface area contributed by atoms with Crippen LogP contribution in [0.15, 0.2) is 17.0 Å². The Morgan fingerprint density at radius 1 is 1.04 bits per heavy atom. The van der Waals surface area contributed by atoms with Crippen LogP contribution in [-0.2, 0) is 19.5 Å². The molecule has 6 heteroatoms. The maximum Gasteiger partial charge on any atom is 0.244 e. The fourth-order valence-corrected chi connectivity index (χ4v) is 5.89. The van der Waals surface area contributed by atoms with E-state index in [1.807, 2.05) is 32.9 Å². The van der Waals surface area contributed by atoms with Gasteiger partial charge in [-0.05, 0) is 44.7 Å². The maximum atomic E-state index is 13.3. The van der Waals surface area contributed by atoms with Crippen LogP contribution in [0.4, 0.5) is 0 Å². The highest BCUT2D eigenvalue weighted by molar-refractivity contribution is 7.89. The second-order valence-corrected chi connectivity index (χ2v) is 8.34. The standard InChI is InChI=1S/C17H25NO4S/c1-12-10-13(2)16(14(3)11-12)23(19,20)18-7-5-4-6-15(18)17-21-8-9-22-17/h10-11,15,17H,4-9H2,1-3H3/t15-/m0/s1. The second-order valence-electron chi connectivity index (χ2n) is 6.52. The smallest absolute Gasteiger partial charge is 0.244 e. The van der Waals surface area contributed by atoms with Gasteiger partial charge in [-0.15, -0.1) is 0 Å². The van der Waals surface area contributed by atoms with Gasteiger partial charge in [-0.25, -0.2) is 8.42 Å². The molecule has 0 radical (unpaired) electrons. The van der Waals surface area contributed by atoms with Crippen molar-refractivity contribution in [3.05, 3.63) is 28.8 Å². The fourth-order valence-electron chi connectivity index (χ4n) is 3.79. The number of rotatable bonds is 3. The number of hydrogen-bond donors (Lipinski definition) is 0. The van der Waals surface area contributed by atoms with Crippen LogP contribution in [-0.4, -0.2) is 44.8 Å². The molecule has 0 bridgehead atoms. The third kappa shape index (κ3) is 3.18. The summed E-state index contributed by atoms with van der Waals surface area (Å²) in [4.78, 5) is 0.438. The Balaban J connectivity index is 2.00. The second kappa shape index (κ2) is 6.51. The third-order valence-corrected chi connectivity index (χ3v) is 6.86. The lowest BCUT2D eigenvalue weighted by molar-refractivity contribution is -0.0913. The summed E-state index contributed by atoms with van der Waals surface area (Å²) in [6, 6.07) is 3.64. The summed E-state index contributed by atoms with van der Waals surface area (Å²) in [5.41, 5.74) is 2.69. The van der Waals surface area contributed by atoms with Gasteiger partial charge in [0.15, 0.2) is 6.29 Å². The van der Waals surface area contributed by atoms with Crippen LogP contribution in [0, 0.1) is 20.8 Å². The molecule has 2 heterocycles. The molecule has 1 atom stereocenters. The lowest BCUT2D eigenvalue weighted by Crippen LogP contribution is -2.50. The van der Waals surface area contributed by atoms with Crippen molar-refractivity contribution in [2.45, 2.75) is 57.3 Å². The molecule has 23 heavy (non-hydrogen) atoms. The molecule has 2 saturated heterocycles. The Hall–Kier alpha value is -0.950. The van der Waals surface area contributed by atoms with E-state index >= 15 is 0 Å². The SMILES string of the molecule is Cc1cc(C)c(S(=O)(=O)N2CCCC[C@H]2C2OCCO2)c(C)c1. The van der Waals surface area contributed by atoms with Gasteiger partial charge in [-0.3, -0.25) is 0 Å². The highest BCUT2D eigenvalue weighted by Crippen LogP contribution is 2.32. The topological polar surface area (TPSA) is 55.8 Å². The molecule has 2 fully saturated rings. The molecule has 0 aromatic heterocycles. The number of ether oxygens (including phenoxy) is 2. The van der Waals surface area contributed by atoms with Crippen molar-refractivity contribution in [2.24, 2.45) is 0 Å². The van der Waals surface area contributed by atoms with Gasteiger partial charge in [-0.1, -0.05) is 24.1 Å². The van der Waals surface area contributed by atoms with Crippen LogP contribution < -0.4 is 0 Å². The summed E-state index contributed by atoms with van der Waals surface area (Å²) in [7, 11) is -3.55. The molecule has 2 aliphatic rings. The maximum absolute atomic E-state index is 13.3. The first kappa shape index (κ1) is 16.9. The first-order valence-electron chi connectivity index (χ1n) is 8.24. The van der Waals surface area contributed by atoms with Gasteiger partial charge < -0.3 is 9.47 Å². The van der Waals surface area contributed by atoms with Gasteiger partial charge in [0.25, 0.3) is 0 Å². The molecule has 0 saturated carbocycles. The zero-order valence-electron chi connectivity index (χ0n) is 14.0. The van der Waals surface area contributed by atoms with Crippen molar-refractivity contribution in [2.75, 3.05) is 19.8 Å². The van der Waals surface area contributed by atoms with E-state index in [4.69, 9.17) is 9.47 Å². The van der Waals surface area contributed by atoms with E-state index in [0.717, 1.165) is 36.0 Å². The first-order chi connectivity index (χ1) is 10.9. The Labute approximate surface area is 138 Å². The molecule has 1 aromatic rings. The number of piperidine rings is 1. The summed E-state index contributed by atoms with van der Waals surface area (Å²) in [5, 5.41) is 0. The van der Waals surface area contributed by atoms with Crippen LogP contribution in [0.2, 0.25) is 0 Å². The first-order valence-corrected chi connectivity index (χ1v) is 9.68. The highest BCUT2D eigenvalue weighted by Gasteiger charge is 2.41. The number of nitrogens with zero attached hydrogens (tertiary/aromatic N) is 1. The number of benzene rings is 1. The summed E-state index contributed by atoms with van der Waals surface area (Å²) >= 11 is 0. The minimum absolute atomic E-state index is 0.226. The third-order valence-electron chi connectivity index (χ3n) is 4.63. The number of sulfonamides is 1. The number of hydrogen-bond acceptors (Lipinski definition) is 4. The van der Waals surface area contributed by atoms with Gasteiger partial charge in [0.1, 0.15) is 0 Å². The minimum Gasteiger partial charge on any atom is -0.349 e. The predicted molar refractivity (Wildman–Crippen MR) is 87.9 cm³/mol. The Morgan fingerprint density at radius 3 is 2.26 bits per heavy atom. The summed E-state index contributed by atoms with van der Waals surface area (Å²) in [6.45, 7) is 7.33. The molecular formula is C17H25NO4S. The largest absolute Gasteiger partial charge is 0.349 e. The van der Waals surface area contributed by atoms with Crippen LogP contribution in [0.3, 0.4) is 0 Å². The molecule has 1 aromatic carbocycles. The van der Waals surface area contributed by atoms with Crippen LogP contribution in [0.1, 0.15) is 36.0 Å². The summed E-state index contributed by atoms with van der Waals surface area (Å²) in [6.07, 6.45) is 2.24. The van der Waals surface area contributed by atoms with E-state index in [1.54, 1.807) is 4.31 Å². The molecule has 3 rings (SSSR count). The fraction of sp³-hybridized carbons (Fsp3) is 0.647. The molecular weight excluding hydrogens is 314 g/mol. The summed E-state index contributed by atoms with van der Waals surface area (Å²) < 4.78 is 39.5. The zero-order valence-corrected chi connectivity index (χ0v) is 14.9. The van der Waals surface area contributed by atoms with Crippen molar-refractivity contribution in [1.82, 2.24) is 4.31 Å². The van der Waals surface area contributed by atoms with Crippen LogP contribution in [0.25, 0.3) is 0 Å². The van der Waals surface area contributed by atoms with Gasteiger partial charge in [0, 0.05) is 6.54 Å². The van der Waals surface area contributed by atoms with Crippen molar-refractivity contribution >= 4 is 10.0 Å². The van der Waals surface area contributed by atoms with E-state index < -0.39 is 16.3 Å². The average molecular weight is 339 g/mol. The molecule has 0 unspecified atom stereocenters. The molecule has 2 aliphatic heterocycles. The monoisotopic (exact) mass is 339 g/mol.